The Morgan fingerprint density at radius 3 is 2.50 bits per heavy atom. The van der Waals surface area contributed by atoms with Gasteiger partial charge in [0.2, 0.25) is 0 Å². The number of nitrogens with one attached hydrogen (secondary N) is 1. The lowest BCUT2D eigenvalue weighted by Gasteiger charge is -2.26. The van der Waals surface area contributed by atoms with Gasteiger partial charge in [0, 0.05) is 13.2 Å². The number of ether oxygens (including phenoxy) is 1. The van der Waals surface area contributed by atoms with E-state index >= 15 is 0 Å². The lowest BCUT2D eigenvalue weighted by molar-refractivity contribution is 0.0117. The summed E-state index contributed by atoms with van der Waals surface area (Å²) < 4.78 is 5.40. The first-order chi connectivity index (χ1) is 8.39. The molecule has 0 saturated heterocycles. The maximum Gasteiger partial charge on any atom is 0.0623 e. The predicted octanol–water partition coefficient (Wildman–Crippen LogP) is 3.70. The van der Waals surface area contributed by atoms with Gasteiger partial charge in [0.1, 0.15) is 0 Å². The smallest absolute Gasteiger partial charge is 0.0623 e. The zero-order chi connectivity index (χ0) is 13.8. The molecular weight excluding hydrogens is 271 g/mol. The third-order valence-corrected chi connectivity index (χ3v) is 3.87. The fraction of sp³-hybridized carbons (Fsp3) is 0.538. The van der Waals surface area contributed by atoms with E-state index in [-0.39, 0.29) is 11.6 Å². The molecule has 0 aliphatic rings. The van der Waals surface area contributed by atoms with Crippen molar-refractivity contribution in [2.24, 2.45) is 5.84 Å². The summed E-state index contributed by atoms with van der Waals surface area (Å²) in [5.41, 5.74) is 3.67. The summed E-state index contributed by atoms with van der Waals surface area (Å²) in [7, 11) is 1.71. The number of nitrogens with two attached hydrogens (primary N) is 1. The topological polar surface area (TPSA) is 47.3 Å². The highest BCUT2D eigenvalue weighted by Gasteiger charge is 2.20. The summed E-state index contributed by atoms with van der Waals surface area (Å²) in [6, 6.07) is 5.59. The Balaban J connectivity index is 2.74. The Bertz CT molecular complexity index is 397. The van der Waals surface area contributed by atoms with Crippen LogP contribution in [0.2, 0.25) is 10.0 Å². The van der Waals surface area contributed by atoms with E-state index in [1.165, 1.54) is 0 Å². The van der Waals surface area contributed by atoms with Crippen LogP contribution in [-0.2, 0) is 4.74 Å². The van der Waals surface area contributed by atoms with Crippen molar-refractivity contribution in [1.82, 2.24) is 5.43 Å². The second-order valence-corrected chi connectivity index (χ2v) is 5.71. The first kappa shape index (κ1) is 15.7. The molecule has 3 N–H and O–H groups in total. The molecule has 18 heavy (non-hydrogen) atoms. The summed E-state index contributed by atoms with van der Waals surface area (Å²) in [5.74, 6) is 5.60. The van der Waals surface area contributed by atoms with E-state index in [4.69, 9.17) is 33.8 Å². The molecule has 1 rings (SSSR count). The van der Waals surface area contributed by atoms with Crippen LogP contribution in [0.1, 0.15) is 38.3 Å². The van der Waals surface area contributed by atoms with Crippen molar-refractivity contribution in [2.75, 3.05) is 7.11 Å². The van der Waals surface area contributed by atoms with Crippen LogP contribution in [0.3, 0.4) is 0 Å². The quantitative estimate of drug-likeness (QED) is 0.620. The molecule has 0 amide bonds. The Morgan fingerprint density at radius 1 is 1.33 bits per heavy atom. The van der Waals surface area contributed by atoms with Gasteiger partial charge in [-0.25, -0.2) is 0 Å². The molecule has 0 aromatic heterocycles. The van der Waals surface area contributed by atoms with Gasteiger partial charge in [-0.3, -0.25) is 11.3 Å². The van der Waals surface area contributed by atoms with Crippen LogP contribution in [0.25, 0.3) is 0 Å². The van der Waals surface area contributed by atoms with Gasteiger partial charge in [-0.15, -0.1) is 0 Å². The van der Waals surface area contributed by atoms with Crippen LogP contribution in [0, 0.1) is 0 Å². The lowest BCUT2D eigenvalue weighted by atomic mass is 9.95. The Labute approximate surface area is 119 Å². The number of hydrazine groups is 1. The molecule has 1 unspecified atom stereocenters. The van der Waals surface area contributed by atoms with Gasteiger partial charge in [-0.05, 0) is 44.4 Å². The van der Waals surface area contributed by atoms with Crippen molar-refractivity contribution in [3.63, 3.8) is 0 Å². The molecule has 3 nitrogen and oxygen atoms in total. The highest BCUT2D eigenvalue weighted by Crippen LogP contribution is 2.29. The fourth-order valence-electron chi connectivity index (χ4n) is 1.67. The molecule has 0 fully saturated rings. The number of hydrogen-bond acceptors (Lipinski definition) is 3. The van der Waals surface area contributed by atoms with Crippen LogP contribution in [0.4, 0.5) is 0 Å². The SMILES string of the molecule is COC(C)(C)CCC(NN)c1ccc(Cl)c(Cl)c1. The Morgan fingerprint density at radius 2 is 2.00 bits per heavy atom. The number of hydrogen-bond donors (Lipinski definition) is 2. The standard InChI is InChI=1S/C13H20Cl2N2O/c1-13(2,18-3)7-6-12(17-16)9-4-5-10(14)11(15)8-9/h4-5,8,12,17H,6-7,16H2,1-3H3. The minimum Gasteiger partial charge on any atom is -0.379 e. The second kappa shape index (κ2) is 6.73. The number of rotatable bonds is 6. The molecule has 102 valence electrons. The fourth-order valence-corrected chi connectivity index (χ4v) is 1.98. The molecule has 0 radical (unpaired) electrons. The molecule has 0 spiro atoms. The first-order valence-corrected chi connectivity index (χ1v) is 6.61. The minimum atomic E-state index is -0.161. The third-order valence-electron chi connectivity index (χ3n) is 3.13. The molecule has 0 aliphatic heterocycles. The van der Waals surface area contributed by atoms with Crippen LogP contribution >= 0.6 is 23.2 Å². The number of benzene rings is 1. The van der Waals surface area contributed by atoms with E-state index in [1.54, 1.807) is 13.2 Å². The van der Waals surface area contributed by atoms with Crippen LogP contribution in [0.15, 0.2) is 18.2 Å². The maximum absolute atomic E-state index is 6.01. The van der Waals surface area contributed by atoms with Gasteiger partial charge in [0.25, 0.3) is 0 Å². The maximum atomic E-state index is 6.01. The molecule has 1 atom stereocenters. The average Bonchev–Trinajstić information content (AvgIpc) is 2.34. The lowest BCUT2D eigenvalue weighted by Crippen LogP contribution is -2.31. The zero-order valence-corrected chi connectivity index (χ0v) is 12.5. The number of halogens is 2. The Hall–Kier alpha value is -0.320. The summed E-state index contributed by atoms with van der Waals surface area (Å²) in [6.45, 7) is 4.10. The van der Waals surface area contributed by atoms with Crippen LogP contribution in [-0.4, -0.2) is 12.7 Å². The monoisotopic (exact) mass is 290 g/mol. The van der Waals surface area contributed by atoms with Gasteiger partial charge in [-0.2, -0.15) is 0 Å². The third kappa shape index (κ3) is 4.41. The van der Waals surface area contributed by atoms with E-state index < -0.39 is 0 Å². The minimum absolute atomic E-state index is 0.0363. The molecule has 0 aliphatic carbocycles. The molecular formula is C13H20Cl2N2O. The van der Waals surface area contributed by atoms with Crippen LogP contribution in [0.5, 0.6) is 0 Å². The molecule has 0 heterocycles. The summed E-state index contributed by atoms with van der Waals surface area (Å²) in [5, 5.41) is 1.09. The zero-order valence-electron chi connectivity index (χ0n) is 11.0. The Kier molecular flexibility index (Phi) is 5.89. The van der Waals surface area contributed by atoms with Crippen molar-refractivity contribution in [3.05, 3.63) is 33.8 Å². The van der Waals surface area contributed by atoms with Crippen molar-refractivity contribution in [1.29, 1.82) is 0 Å². The summed E-state index contributed by atoms with van der Waals surface area (Å²) in [4.78, 5) is 0. The highest BCUT2D eigenvalue weighted by molar-refractivity contribution is 6.42. The van der Waals surface area contributed by atoms with Gasteiger partial charge in [0.05, 0.1) is 15.6 Å². The summed E-state index contributed by atoms with van der Waals surface area (Å²) in [6.07, 6.45) is 1.74. The van der Waals surface area contributed by atoms with Crippen molar-refractivity contribution >= 4 is 23.2 Å². The average molecular weight is 291 g/mol. The van der Waals surface area contributed by atoms with E-state index in [9.17, 15) is 0 Å². The van der Waals surface area contributed by atoms with E-state index in [0.29, 0.717) is 10.0 Å². The predicted molar refractivity (Wildman–Crippen MR) is 76.8 cm³/mol. The number of methoxy groups -OCH3 is 1. The van der Waals surface area contributed by atoms with E-state index in [2.05, 4.69) is 19.3 Å². The van der Waals surface area contributed by atoms with Gasteiger partial charge in [-0.1, -0.05) is 29.3 Å². The largest absolute Gasteiger partial charge is 0.379 e. The first-order valence-electron chi connectivity index (χ1n) is 5.86. The van der Waals surface area contributed by atoms with E-state index in [1.807, 2.05) is 12.1 Å². The second-order valence-electron chi connectivity index (χ2n) is 4.90. The highest BCUT2D eigenvalue weighted by atomic mass is 35.5. The molecule has 1 aromatic carbocycles. The van der Waals surface area contributed by atoms with Crippen molar-refractivity contribution < 1.29 is 4.74 Å². The molecule has 5 heteroatoms. The normalized spacial score (nSPS) is 13.7. The van der Waals surface area contributed by atoms with Gasteiger partial charge in [0.15, 0.2) is 0 Å². The molecule has 1 aromatic rings. The summed E-state index contributed by atoms with van der Waals surface area (Å²) >= 11 is 11.9. The van der Waals surface area contributed by atoms with Gasteiger partial charge < -0.3 is 4.74 Å². The van der Waals surface area contributed by atoms with E-state index in [0.717, 1.165) is 18.4 Å². The van der Waals surface area contributed by atoms with Crippen molar-refractivity contribution in [2.45, 2.75) is 38.3 Å². The van der Waals surface area contributed by atoms with Crippen molar-refractivity contribution in [3.8, 4) is 0 Å². The molecule has 0 bridgehead atoms. The van der Waals surface area contributed by atoms with Crippen LogP contribution < -0.4 is 11.3 Å². The van der Waals surface area contributed by atoms with Gasteiger partial charge >= 0.3 is 0 Å². The molecule has 0 saturated carbocycles.